The molecule has 0 aromatic carbocycles. The minimum absolute atomic E-state index is 0.256. The smallest absolute Gasteiger partial charge is 0.320 e. The van der Waals surface area contributed by atoms with Gasteiger partial charge in [0.25, 0.3) is 0 Å². The van der Waals surface area contributed by atoms with E-state index < -0.39 is 56.0 Å². The average Bonchev–Trinajstić information content (AvgIpc) is 2.30. The Morgan fingerprint density at radius 3 is 2.00 bits per heavy atom. The molecule has 0 aliphatic carbocycles. The summed E-state index contributed by atoms with van der Waals surface area (Å²) in [5, 5.41) is 25.9. The summed E-state index contributed by atoms with van der Waals surface area (Å²) < 4.78 is 11.8. The zero-order valence-corrected chi connectivity index (χ0v) is 11.5. The molecule has 0 spiro atoms. The van der Waals surface area contributed by atoms with E-state index in [0.717, 1.165) is 0 Å². The van der Waals surface area contributed by atoms with Gasteiger partial charge in [0.15, 0.2) is 0 Å². The molecule has 20 heavy (non-hydrogen) atoms. The third kappa shape index (κ3) is 7.88. The molecule has 0 rings (SSSR count). The van der Waals surface area contributed by atoms with Gasteiger partial charge in [0.05, 0.1) is 5.92 Å². The van der Waals surface area contributed by atoms with Crippen LogP contribution in [0, 0.1) is 5.92 Å². The molecule has 0 aromatic rings. The van der Waals surface area contributed by atoms with Crippen molar-refractivity contribution in [2.75, 3.05) is 12.3 Å². The second kappa shape index (κ2) is 7.98. The average molecular weight is 311 g/mol. The van der Waals surface area contributed by atoms with Gasteiger partial charge in [0, 0.05) is 18.7 Å². The normalized spacial score (nSPS) is 16.9. The fourth-order valence-corrected chi connectivity index (χ4v) is 3.38. The number of aliphatic carboxylic acids is 3. The molecule has 0 aliphatic heterocycles. The highest BCUT2D eigenvalue weighted by molar-refractivity contribution is 7.58. The first-order valence-electron chi connectivity index (χ1n) is 5.79. The van der Waals surface area contributed by atoms with Gasteiger partial charge in [-0.3, -0.25) is 18.9 Å². The van der Waals surface area contributed by atoms with Crippen LogP contribution in [0.1, 0.15) is 19.3 Å². The molecule has 0 amide bonds. The summed E-state index contributed by atoms with van der Waals surface area (Å²) >= 11 is 0. The SMILES string of the molecule is NC(CCP(=O)(O)C[C@@H](CCC(=O)O)C(=O)O)C(=O)O. The maximum atomic E-state index is 11.8. The molecule has 116 valence electrons. The zero-order chi connectivity index (χ0) is 15.9. The summed E-state index contributed by atoms with van der Waals surface area (Å²) in [6.45, 7) is 0. The summed E-state index contributed by atoms with van der Waals surface area (Å²) in [5.74, 6) is -5.13. The van der Waals surface area contributed by atoms with E-state index in [9.17, 15) is 23.8 Å². The van der Waals surface area contributed by atoms with Crippen LogP contribution in [0.3, 0.4) is 0 Å². The molecule has 0 bridgehead atoms. The second-order valence-corrected chi connectivity index (χ2v) is 6.96. The first kappa shape index (κ1) is 18.6. The number of carboxylic acid groups (broad SMARTS) is 3. The predicted octanol–water partition coefficient (Wildman–Crippen LogP) is -0.376. The van der Waals surface area contributed by atoms with Gasteiger partial charge in [0.1, 0.15) is 6.04 Å². The van der Waals surface area contributed by atoms with E-state index in [1.807, 2.05) is 0 Å². The molecule has 0 fully saturated rings. The Morgan fingerprint density at radius 1 is 1.05 bits per heavy atom. The van der Waals surface area contributed by atoms with Crippen molar-refractivity contribution >= 4 is 25.3 Å². The quantitative estimate of drug-likeness (QED) is 0.337. The Kier molecular flexibility index (Phi) is 7.41. The zero-order valence-electron chi connectivity index (χ0n) is 10.6. The van der Waals surface area contributed by atoms with E-state index in [0.29, 0.717) is 0 Å². The lowest BCUT2D eigenvalue weighted by Crippen LogP contribution is -2.31. The van der Waals surface area contributed by atoms with Crippen molar-refractivity contribution in [2.45, 2.75) is 25.3 Å². The monoisotopic (exact) mass is 311 g/mol. The molecule has 6 N–H and O–H groups in total. The molecule has 9 nitrogen and oxygen atoms in total. The number of hydrogen-bond donors (Lipinski definition) is 5. The maximum Gasteiger partial charge on any atom is 0.320 e. The van der Waals surface area contributed by atoms with Crippen LogP contribution in [0.2, 0.25) is 0 Å². The summed E-state index contributed by atoms with van der Waals surface area (Å²) in [6.07, 6.45) is -1.96. The summed E-state index contributed by atoms with van der Waals surface area (Å²) in [7, 11) is -3.87. The first-order valence-corrected chi connectivity index (χ1v) is 7.82. The molecule has 0 aliphatic rings. The van der Waals surface area contributed by atoms with E-state index in [-0.39, 0.29) is 12.8 Å². The molecule has 0 heterocycles. The summed E-state index contributed by atoms with van der Waals surface area (Å²) in [5.41, 5.74) is 5.19. The predicted molar refractivity (Wildman–Crippen MR) is 67.8 cm³/mol. The minimum atomic E-state index is -3.87. The highest BCUT2D eigenvalue weighted by atomic mass is 31.2. The Hall–Kier alpha value is -1.44. The van der Waals surface area contributed by atoms with Gasteiger partial charge in [-0.15, -0.1) is 0 Å². The number of carboxylic acids is 3. The van der Waals surface area contributed by atoms with Crippen molar-refractivity contribution in [2.24, 2.45) is 11.7 Å². The Balaban J connectivity index is 4.51. The third-order valence-electron chi connectivity index (χ3n) is 2.67. The molecule has 0 saturated carbocycles. The lowest BCUT2D eigenvalue weighted by Gasteiger charge is -2.17. The molecule has 0 radical (unpaired) electrons. The Bertz CT molecular complexity index is 423. The van der Waals surface area contributed by atoms with Gasteiger partial charge < -0.3 is 25.9 Å². The standard InChI is InChI=1S/C10H18NO8P/c11-7(10(16)17)3-4-20(18,19)5-6(9(14)15)1-2-8(12)13/h6-7H,1-5,11H2,(H,12,13)(H,14,15)(H,16,17)(H,18,19)/t6-,7?/m1/s1. The summed E-state index contributed by atoms with van der Waals surface area (Å²) in [6, 6.07) is -1.29. The Labute approximate surface area is 114 Å². The van der Waals surface area contributed by atoms with Crippen LogP contribution in [0.5, 0.6) is 0 Å². The fraction of sp³-hybridized carbons (Fsp3) is 0.700. The molecule has 10 heteroatoms. The van der Waals surface area contributed by atoms with E-state index >= 15 is 0 Å². The lowest BCUT2D eigenvalue weighted by molar-refractivity contribution is -0.142. The van der Waals surface area contributed by atoms with Crippen LogP contribution >= 0.6 is 7.37 Å². The van der Waals surface area contributed by atoms with Crippen molar-refractivity contribution in [1.82, 2.24) is 0 Å². The number of hydrogen-bond acceptors (Lipinski definition) is 5. The molecular weight excluding hydrogens is 293 g/mol. The van der Waals surface area contributed by atoms with Gasteiger partial charge in [-0.1, -0.05) is 0 Å². The molecular formula is C10H18NO8P. The van der Waals surface area contributed by atoms with Crippen molar-refractivity contribution in [3.05, 3.63) is 0 Å². The first-order chi connectivity index (χ1) is 9.05. The van der Waals surface area contributed by atoms with Crippen molar-refractivity contribution in [3.63, 3.8) is 0 Å². The fourth-order valence-electron chi connectivity index (χ4n) is 1.49. The largest absolute Gasteiger partial charge is 0.481 e. The highest BCUT2D eigenvalue weighted by Crippen LogP contribution is 2.44. The molecule has 0 saturated heterocycles. The van der Waals surface area contributed by atoms with Gasteiger partial charge in [-0.05, 0) is 12.8 Å². The lowest BCUT2D eigenvalue weighted by atomic mass is 10.1. The molecule has 2 unspecified atom stereocenters. The molecule has 0 aromatic heterocycles. The third-order valence-corrected chi connectivity index (χ3v) is 4.64. The van der Waals surface area contributed by atoms with Crippen LogP contribution in [0.15, 0.2) is 0 Å². The van der Waals surface area contributed by atoms with Gasteiger partial charge in [-0.2, -0.15) is 0 Å². The van der Waals surface area contributed by atoms with Crippen molar-refractivity contribution < 1.29 is 39.2 Å². The highest BCUT2D eigenvalue weighted by Gasteiger charge is 2.30. The van der Waals surface area contributed by atoms with Gasteiger partial charge in [0.2, 0.25) is 7.37 Å². The Morgan fingerprint density at radius 2 is 1.60 bits per heavy atom. The van der Waals surface area contributed by atoms with Crippen molar-refractivity contribution in [1.29, 1.82) is 0 Å². The van der Waals surface area contributed by atoms with Crippen LogP contribution in [0.25, 0.3) is 0 Å². The van der Waals surface area contributed by atoms with Crippen LogP contribution in [0.4, 0.5) is 0 Å². The van der Waals surface area contributed by atoms with Crippen LogP contribution in [-0.4, -0.2) is 56.5 Å². The van der Waals surface area contributed by atoms with E-state index in [2.05, 4.69) is 0 Å². The van der Waals surface area contributed by atoms with Crippen LogP contribution in [-0.2, 0) is 18.9 Å². The number of carbonyl (C=O) groups is 3. The summed E-state index contributed by atoms with van der Waals surface area (Å²) in [4.78, 5) is 41.4. The van der Waals surface area contributed by atoms with Crippen molar-refractivity contribution in [3.8, 4) is 0 Å². The number of rotatable bonds is 10. The molecule has 3 atom stereocenters. The minimum Gasteiger partial charge on any atom is -0.481 e. The number of nitrogens with two attached hydrogens (primary N) is 1. The van der Waals surface area contributed by atoms with Gasteiger partial charge >= 0.3 is 17.9 Å². The second-order valence-electron chi connectivity index (χ2n) is 4.45. The van der Waals surface area contributed by atoms with E-state index in [4.69, 9.17) is 21.1 Å². The van der Waals surface area contributed by atoms with E-state index in [1.165, 1.54) is 0 Å². The van der Waals surface area contributed by atoms with Crippen LogP contribution < -0.4 is 5.73 Å². The topological polar surface area (TPSA) is 175 Å². The van der Waals surface area contributed by atoms with Gasteiger partial charge in [-0.25, -0.2) is 0 Å². The van der Waals surface area contributed by atoms with E-state index in [1.54, 1.807) is 0 Å². The maximum absolute atomic E-state index is 11.8.